The Balaban J connectivity index is 3.50. The lowest BCUT2D eigenvalue weighted by atomic mass is 10.3. The van der Waals surface area contributed by atoms with Crippen LogP contribution in [-0.2, 0) is 9.53 Å². The lowest BCUT2D eigenvalue weighted by Crippen LogP contribution is -2.17. The van der Waals surface area contributed by atoms with Crippen molar-refractivity contribution in [1.82, 2.24) is 0 Å². The zero-order valence-corrected chi connectivity index (χ0v) is 8.32. The van der Waals surface area contributed by atoms with Crippen LogP contribution in [-0.4, -0.2) is 23.9 Å². The van der Waals surface area contributed by atoms with E-state index in [2.05, 4.69) is 26.0 Å². The van der Waals surface area contributed by atoms with Gasteiger partial charge in [0.05, 0.1) is 13.2 Å². The highest BCUT2D eigenvalue weighted by Gasteiger charge is 2.12. The number of nitrogens with zero attached hydrogens (tertiary/aromatic N) is 3. The molecule has 0 aromatic carbocycles. The van der Waals surface area contributed by atoms with Crippen LogP contribution in [0.1, 0.15) is 13.3 Å². The first kappa shape index (κ1) is 11.3. The molecule has 0 saturated carbocycles. The van der Waals surface area contributed by atoms with Crippen molar-refractivity contribution in [3.8, 4) is 0 Å². The predicted molar refractivity (Wildman–Crippen MR) is 48.0 cm³/mol. The van der Waals surface area contributed by atoms with Crippen molar-refractivity contribution in [1.29, 1.82) is 0 Å². The predicted octanol–water partition coefficient (Wildman–Crippen LogP) is 2.01. The summed E-state index contributed by atoms with van der Waals surface area (Å²) < 4.78 is 4.75. The number of hydrogen-bond acceptors (Lipinski definition) is 3. The highest BCUT2D eigenvalue weighted by Crippen LogP contribution is 2.05. The molecule has 0 aliphatic carbocycles. The van der Waals surface area contributed by atoms with Crippen LogP contribution in [0.2, 0.25) is 0 Å². The first-order chi connectivity index (χ1) is 5.72. The van der Waals surface area contributed by atoms with Gasteiger partial charge in [-0.3, -0.25) is 4.79 Å². The van der Waals surface area contributed by atoms with Gasteiger partial charge in [-0.05, 0) is 12.0 Å². The highest BCUT2D eigenvalue weighted by molar-refractivity contribution is 9.10. The van der Waals surface area contributed by atoms with Gasteiger partial charge in [0.25, 0.3) is 0 Å². The third-order valence-electron chi connectivity index (χ3n) is 1.11. The van der Waals surface area contributed by atoms with Crippen LogP contribution in [0, 0.1) is 0 Å². The number of halogens is 1. The Hall–Kier alpha value is -0.740. The summed E-state index contributed by atoms with van der Waals surface area (Å²) in [5, 5.41) is 3.22. The van der Waals surface area contributed by atoms with Gasteiger partial charge in [0, 0.05) is 4.91 Å². The number of carbonyl (C=O) groups is 1. The van der Waals surface area contributed by atoms with Crippen molar-refractivity contribution in [2.75, 3.05) is 13.2 Å². The fourth-order valence-electron chi connectivity index (χ4n) is 0.489. The zero-order chi connectivity index (χ0) is 9.40. The molecule has 0 heterocycles. The third-order valence-corrected chi connectivity index (χ3v) is 2.13. The van der Waals surface area contributed by atoms with Gasteiger partial charge in [-0.15, -0.1) is 0 Å². The van der Waals surface area contributed by atoms with E-state index in [0.717, 1.165) is 0 Å². The summed E-state index contributed by atoms with van der Waals surface area (Å²) in [6.07, 6.45) is 0.681. The Kier molecular flexibility index (Phi) is 6.51. The molecule has 5 nitrogen and oxygen atoms in total. The van der Waals surface area contributed by atoms with E-state index < -0.39 is 0 Å². The number of ether oxygens (including phenoxy) is 1. The van der Waals surface area contributed by atoms with E-state index >= 15 is 0 Å². The smallest absolute Gasteiger partial charge is 0.319 e. The summed E-state index contributed by atoms with van der Waals surface area (Å²) in [4.78, 5) is 13.2. The Morgan fingerprint density at radius 1 is 1.83 bits per heavy atom. The number of azide groups is 1. The maximum Gasteiger partial charge on any atom is 0.319 e. The zero-order valence-electron chi connectivity index (χ0n) is 6.73. The van der Waals surface area contributed by atoms with Crippen LogP contribution in [0.3, 0.4) is 0 Å². The van der Waals surface area contributed by atoms with Crippen LogP contribution in [0.25, 0.3) is 10.4 Å². The minimum atomic E-state index is -0.314. The van der Waals surface area contributed by atoms with Crippen LogP contribution < -0.4 is 0 Å². The molecule has 0 radical (unpaired) electrons. The molecular weight excluding hydrogens is 226 g/mol. The van der Waals surface area contributed by atoms with Gasteiger partial charge in [-0.25, -0.2) is 0 Å². The average molecular weight is 236 g/mol. The molecule has 68 valence electrons. The van der Waals surface area contributed by atoms with Gasteiger partial charge in [0.2, 0.25) is 0 Å². The molecule has 0 aliphatic rings. The second-order valence-corrected chi connectivity index (χ2v) is 3.10. The van der Waals surface area contributed by atoms with Gasteiger partial charge in [0.15, 0.2) is 0 Å². The Morgan fingerprint density at radius 3 is 3.00 bits per heavy atom. The molecule has 6 heteroatoms. The normalized spacial score (nSPS) is 11.5. The van der Waals surface area contributed by atoms with E-state index in [4.69, 9.17) is 10.3 Å². The first-order valence-electron chi connectivity index (χ1n) is 3.54. The fourth-order valence-corrected chi connectivity index (χ4v) is 0.621. The van der Waals surface area contributed by atoms with Crippen LogP contribution in [0.4, 0.5) is 0 Å². The van der Waals surface area contributed by atoms with E-state index in [1.807, 2.05) is 6.92 Å². The molecule has 12 heavy (non-hydrogen) atoms. The number of hydrogen-bond donors (Lipinski definition) is 0. The lowest BCUT2D eigenvalue weighted by Gasteiger charge is -2.05. The van der Waals surface area contributed by atoms with E-state index in [-0.39, 0.29) is 23.9 Å². The first-order valence-corrected chi connectivity index (χ1v) is 4.45. The summed E-state index contributed by atoms with van der Waals surface area (Å²) in [5.74, 6) is -0.314. The molecule has 0 saturated heterocycles. The highest BCUT2D eigenvalue weighted by atomic mass is 79.9. The van der Waals surface area contributed by atoms with Gasteiger partial charge < -0.3 is 4.74 Å². The monoisotopic (exact) mass is 235 g/mol. The molecule has 0 rings (SSSR count). The SMILES string of the molecule is CCC(Br)C(=O)OCCN=[N+]=[N-]. The molecule has 0 amide bonds. The van der Waals surface area contributed by atoms with Gasteiger partial charge in [-0.2, -0.15) is 0 Å². The van der Waals surface area contributed by atoms with Crippen molar-refractivity contribution in [2.45, 2.75) is 18.2 Å². The molecule has 1 unspecified atom stereocenters. The summed E-state index contributed by atoms with van der Waals surface area (Å²) in [6.45, 7) is 2.20. The van der Waals surface area contributed by atoms with E-state index in [9.17, 15) is 4.79 Å². The van der Waals surface area contributed by atoms with E-state index in [1.54, 1.807) is 0 Å². The molecular formula is C6H10BrN3O2. The third kappa shape index (κ3) is 4.98. The molecule has 0 N–H and O–H groups in total. The average Bonchev–Trinajstić information content (AvgIpc) is 2.10. The minimum Gasteiger partial charge on any atom is -0.465 e. The van der Waals surface area contributed by atoms with Crippen molar-refractivity contribution in [2.24, 2.45) is 5.11 Å². The summed E-state index contributed by atoms with van der Waals surface area (Å²) >= 11 is 3.13. The quantitative estimate of drug-likeness (QED) is 0.183. The number of esters is 1. The minimum absolute atomic E-state index is 0.144. The van der Waals surface area contributed by atoms with Gasteiger partial charge in [-0.1, -0.05) is 28.0 Å². The topological polar surface area (TPSA) is 75.1 Å². The molecule has 1 atom stereocenters. The maximum absolute atomic E-state index is 10.9. The lowest BCUT2D eigenvalue weighted by molar-refractivity contribution is -0.142. The largest absolute Gasteiger partial charge is 0.465 e. The van der Waals surface area contributed by atoms with Crippen LogP contribution in [0.15, 0.2) is 5.11 Å². The summed E-state index contributed by atoms with van der Waals surface area (Å²) in [7, 11) is 0. The van der Waals surface area contributed by atoms with Crippen molar-refractivity contribution in [3.05, 3.63) is 10.4 Å². The van der Waals surface area contributed by atoms with Crippen LogP contribution >= 0.6 is 15.9 Å². The molecule has 0 spiro atoms. The molecule has 0 aliphatic heterocycles. The Bertz CT molecular complexity index is 191. The van der Waals surface area contributed by atoms with E-state index in [1.165, 1.54) is 0 Å². The summed E-state index contributed by atoms with van der Waals surface area (Å²) in [5.41, 5.74) is 7.90. The van der Waals surface area contributed by atoms with Gasteiger partial charge >= 0.3 is 5.97 Å². The second-order valence-electron chi connectivity index (χ2n) is 2.00. The number of rotatable bonds is 5. The van der Waals surface area contributed by atoms with Crippen molar-refractivity contribution < 1.29 is 9.53 Å². The molecule has 0 bridgehead atoms. The summed E-state index contributed by atoms with van der Waals surface area (Å²) in [6, 6.07) is 0. The molecule has 0 aromatic rings. The number of carbonyl (C=O) groups excluding carboxylic acids is 1. The van der Waals surface area contributed by atoms with Crippen molar-refractivity contribution >= 4 is 21.9 Å². The Labute approximate surface area is 78.8 Å². The van der Waals surface area contributed by atoms with Crippen LogP contribution in [0.5, 0.6) is 0 Å². The fraction of sp³-hybridized carbons (Fsp3) is 0.833. The standard InChI is InChI=1S/C6H10BrN3O2/c1-2-5(7)6(11)12-4-3-9-10-8/h5H,2-4H2,1H3. The maximum atomic E-state index is 10.9. The molecule has 0 aromatic heterocycles. The van der Waals surface area contributed by atoms with E-state index in [0.29, 0.717) is 6.42 Å². The van der Waals surface area contributed by atoms with Crippen molar-refractivity contribution in [3.63, 3.8) is 0 Å². The molecule has 0 fully saturated rings. The second kappa shape index (κ2) is 6.94. The number of alkyl halides is 1. The Morgan fingerprint density at radius 2 is 2.50 bits per heavy atom. The van der Waals surface area contributed by atoms with Gasteiger partial charge in [0.1, 0.15) is 4.83 Å².